The molecule has 0 atom stereocenters. The number of carbonyl (C=O) groups is 1. The normalized spacial score (nSPS) is 15.2. The van der Waals surface area contributed by atoms with Gasteiger partial charge in [0, 0.05) is 42.8 Å². The second-order valence-corrected chi connectivity index (χ2v) is 10.8. The Balaban J connectivity index is 1.09. The molecule has 1 saturated heterocycles. The lowest BCUT2D eigenvalue weighted by Gasteiger charge is -2.34. The summed E-state index contributed by atoms with van der Waals surface area (Å²) in [6.45, 7) is 4.35. The highest BCUT2D eigenvalue weighted by atomic mass is 79.9. The number of hydrogen-bond acceptors (Lipinski definition) is 6. The standard InChI is InChI=1S/C28H25BrN4O4S/c29-21-6-7-23-22(14-21)27(35)33(28(38)30-23)16-18-1-4-20(5-2-18)26(34)32-11-9-31(10-12-32)15-19-3-8-24-25(13-19)37-17-36-24/h1-8,13-14H,9-12,15-17H2,(H,30,38). The van der Waals surface area contributed by atoms with Crippen molar-refractivity contribution in [1.29, 1.82) is 0 Å². The third-order valence-electron chi connectivity index (χ3n) is 6.99. The quantitative estimate of drug-likeness (QED) is 0.342. The number of halogens is 1. The summed E-state index contributed by atoms with van der Waals surface area (Å²) in [6, 6.07) is 18.9. The Bertz CT molecular complexity index is 1640. The van der Waals surface area contributed by atoms with Crippen molar-refractivity contribution in [3.63, 3.8) is 0 Å². The van der Waals surface area contributed by atoms with E-state index in [1.165, 1.54) is 5.56 Å². The molecule has 3 heterocycles. The van der Waals surface area contributed by atoms with Gasteiger partial charge in [-0.1, -0.05) is 34.1 Å². The second-order valence-electron chi connectivity index (χ2n) is 9.46. The molecule has 6 rings (SSSR count). The number of aromatic amines is 1. The Labute approximate surface area is 232 Å². The van der Waals surface area contributed by atoms with E-state index in [1.807, 2.05) is 53.4 Å². The van der Waals surface area contributed by atoms with Crippen molar-refractivity contribution < 1.29 is 14.3 Å². The van der Waals surface area contributed by atoms with Gasteiger partial charge in [-0.15, -0.1) is 0 Å². The van der Waals surface area contributed by atoms with Crippen molar-refractivity contribution >= 4 is 45.0 Å². The van der Waals surface area contributed by atoms with Crippen LogP contribution in [-0.4, -0.2) is 58.2 Å². The van der Waals surface area contributed by atoms with Gasteiger partial charge >= 0.3 is 0 Å². The largest absolute Gasteiger partial charge is 0.454 e. The fourth-order valence-corrected chi connectivity index (χ4v) is 5.51. The fourth-order valence-electron chi connectivity index (χ4n) is 4.89. The molecular formula is C28H25BrN4O4S. The fraction of sp³-hybridized carbons (Fsp3) is 0.250. The highest BCUT2D eigenvalue weighted by molar-refractivity contribution is 9.10. The molecular weight excluding hydrogens is 568 g/mol. The lowest BCUT2D eigenvalue weighted by molar-refractivity contribution is 0.0628. The Hall–Kier alpha value is -3.47. The summed E-state index contributed by atoms with van der Waals surface area (Å²) in [4.78, 5) is 33.6. The van der Waals surface area contributed by atoms with E-state index in [0.717, 1.165) is 41.2 Å². The zero-order valence-corrected chi connectivity index (χ0v) is 22.9. The number of fused-ring (bicyclic) bond motifs is 2. The Morgan fingerprint density at radius 3 is 2.42 bits per heavy atom. The van der Waals surface area contributed by atoms with E-state index in [0.29, 0.717) is 40.9 Å². The van der Waals surface area contributed by atoms with E-state index < -0.39 is 0 Å². The van der Waals surface area contributed by atoms with Gasteiger partial charge in [0.2, 0.25) is 6.79 Å². The van der Waals surface area contributed by atoms with E-state index in [1.54, 1.807) is 10.6 Å². The van der Waals surface area contributed by atoms with E-state index >= 15 is 0 Å². The Morgan fingerprint density at radius 2 is 1.63 bits per heavy atom. The van der Waals surface area contributed by atoms with Gasteiger partial charge in [-0.3, -0.25) is 19.1 Å². The molecule has 194 valence electrons. The van der Waals surface area contributed by atoms with Crippen molar-refractivity contribution in [1.82, 2.24) is 19.4 Å². The number of H-pyrrole nitrogens is 1. The van der Waals surface area contributed by atoms with Crippen LogP contribution in [0.2, 0.25) is 0 Å². The smallest absolute Gasteiger partial charge is 0.262 e. The molecule has 0 aliphatic carbocycles. The highest BCUT2D eigenvalue weighted by Gasteiger charge is 2.23. The number of carbonyl (C=O) groups excluding carboxylic acids is 1. The predicted molar refractivity (Wildman–Crippen MR) is 150 cm³/mol. The summed E-state index contributed by atoms with van der Waals surface area (Å²) in [7, 11) is 0. The number of ether oxygens (including phenoxy) is 2. The van der Waals surface area contributed by atoms with Crippen LogP contribution in [0.1, 0.15) is 21.5 Å². The van der Waals surface area contributed by atoms with Crippen LogP contribution in [0.5, 0.6) is 11.5 Å². The molecule has 0 unspecified atom stereocenters. The molecule has 1 fully saturated rings. The maximum Gasteiger partial charge on any atom is 0.262 e. The molecule has 1 aromatic heterocycles. The number of rotatable bonds is 5. The van der Waals surface area contributed by atoms with E-state index in [4.69, 9.17) is 21.7 Å². The molecule has 10 heteroatoms. The summed E-state index contributed by atoms with van der Waals surface area (Å²) in [6.07, 6.45) is 0. The van der Waals surface area contributed by atoms with Crippen LogP contribution in [0.3, 0.4) is 0 Å². The van der Waals surface area contributed by atoms with Gasteiger partial charge in [0.1, 0.15) is 0 Å². The summed E-state index contributed by atoms with van der Waals surface area (Å²) >= 11 is 8.87. The third kappa shape index (κ3) is 4.99. The van der Waals surface area contributed by atoms with Crippen molar-refractivity contribution in [2.75, 3.05) is 33.0 Å². The maximum atomic E-state index is 13.1. The lowest BCUT2D eigenvalue weighted by atomic mass is 10.1. The molecule has 2 aliphatic heterocycles. The van der Waals surface area contributed by atoms with Crippen LogP contribution < -0.4 is 15.0 Å². The SMILES string of the molecule is O=C(c1ccc(Cn2c(=S)[nH]c3ccc(Br)cc3c2=O)cc1)N1CCN(Cc2ccc3c(c2)OCO3)CC1. The first-order valence-electron chi connectivity index (χ1n) is 12.4. The number of nitrogens with one attached hydrogen (secondary N) is 1. The maximum absolute atomic E-state index is 13.1. The highest BCUT2D eigenvalue weighted by Crippen LogP contribution is 2.33. The molecule has 0 saturated carbocycles. The summed E-state index contributed by atoms with van der Waals surface area (Å²) in [5.74, 6) is 1.60. The Morgan fingerprint density at radius 1 is 0.895 bits per heavy atom. The summed E-state index contributed by atoms with van der Waals surface area (Å²) in [5.41, 5.74) is 3.26. The first kappa shape index (κ1) is 24.8. The van der Waals surface area contributed by atoms with E-state index in [2.05, 4.69) is 31.9 Å². The van der Waals surface area contributed by atoms with Crippen LogP contribution in [0.4, 0.5) is 0 Å². The van der Waals surface area contributed by atoms with Crippen molar-refractivity contribution in [3.8, 4) is 11.5 Å². The number of benzene rings is 3. The van der Waals surface area contributed by atoms with Crippen molar-refractivity contribution in [3.05, 3.63) is 97.0 Å². The van der Waals surface area contributed by atoms with Gasteiger partial charge < -0.3 is 19.4 Å². The minimum absolute atomic E-state index is 0.0179. The van der Waals surface area contributed by atoms with Gasteiger partial charge in [-0.2, -0.15) is 0 Å². The van der Waals surface area contributed by atoms with Gasteiger partial charge in [-0.05, 0) is 65.8 Å². The average molecular weight is 594 g/mol. The molecule has 0 radical (unpaired) electrons. The van der Waals surface area contributed by atoms with Gasteiger partial charge in [0.05, 0.1) is 17.4 Å². The van der Waals surface area contributed by atoms with Crippen LogP contribution in [0.25, 0.3) is 10.9 Å². The minimum Gasteiger partial charge on any atom is -0.454 e. The molecule has 1 amide bonds. The number of piperazine rings is 1. The third-order valence-corrected chi connectivity index (χ3v) is 7.80. The molecule has 3 aromatic carbocycles. The van der Waals surface area contributed by atoms with Crippen LogP contribution >= 0.6 is 28.1 Å². The van der Waals surface area contributed by atoms with Gasteiger partial charge in [0.25, 0.3) is 11.5 Å². The van der Waals surface area contributed by atoms with Gasteiger partial charge in [-0.25, -0.2) is 0 Å². The number of amides is 1. The molecule has 4 aromatic rings. The molecule has 0 bridgehead atoms. The number of nitrogens with zero attached hydrogens (tertiary/aromatic N) is 3. The molecule has 1 N–H and O–H groups in total. The predicted octanol–water partition coefficient (Wildman–Crippen LogP) is 4.56. The summed E-state index contributed by atoms with van der Waals surface area (Å²) in [5, 5.41) is 0.567. The first-order chi connectivity index (χ1) is 18.4. The molecule has 8 nitrogen and oxygen atoms in total. The van der Waals surface area contributed by atoms with E-state index in [9.17, 15) is 9.59 Å². The van der Waals surface area contributed by atoms with Crippen molar-refractivity contribution in [2.45, 2.75) is 13.1 Å². The zero-order chi connectivity index (χ0) is 26.2. The van der Waals surface area contributed by atoms with Crippen LogP contribution in [0.15, 0.2) is 69.9 Å². The average Bonchev–Trinajstić information content (AvgIpc) is 3.40. The monoisotopic (exact) mass is 592 g/mol. The lowest BCUT2D eigenvalue weighted by Crippen LogP contribution is -2.48. The zero-order valence-electron chi connectivity index (χ0n) is 20.5. The van der Waals surface area contributed by atoms with Crippen molar-refractivity contribution in [2.24, 2.45) is 0 Å². The molecule has 2 aliphatic rings. The van der Waals surface area contributed by atoms with Gasteiger partial charge in [0.15, 0.2) is 16.3 Å². The molecule has 38 heavy (non-hydrogen) atoms. The van der Waals surface area contributed by atoms with Crippen LogP contribution in [0, 0.1) is 4.77 Å². The summed E-state index contributed by atoms with van der Waals surface area (Å²) < 4.78 is 13.6. The second kappa shape index (κ2) is 10.4. The van der Waals surface area contributed by atoms with E-state index in [-0.39, 0.29) is 18.3 Å². The number of hydrogen-bond donors (Lipinski definition) is 1. The minimum atomic E-state index is -0.149. The topological polar surface area (TPSA) is 79.8 Å². The molecule has 0 spiro atoms. The first-order valence-corrected chi connectivity index (χ1v) is 13.6. The number of aromatic nitrogens is 2. The Kier molecular flexibility index (Phi) is 6.77. The van der Waals surface area contributed by atoms with Crippen LogP contribution in [-0.2, 0) is 13.1 Å².